The lowest BCUT2D eigenvalue weighted by molar-refractivity contribution is -0.143. The zero-order chi connectivity index (χ0) is 56.4. The number of ether oxygens (including phenoxy) is 1. The van der Waals surface area contributed by atoms with E-state index >= 15 is 0 Å². The topological polar surface area (TPSA) is 95.9 Å². The van der Waals surface area contributed by atoms with Crippen LogP contribution in [0.25, 0.3) is 0 Å². The summed E-state index contributed by atoms with van der Waals surface area (Å²) in [5, 5.41) is 23.2. The minimum atomic E-state index is -0.660. The van der Waals surface area contributed by atoms with E-state index in [1.165, 1.54) is 302 Å². The number of amides is 1. The van der Waals surface area contributed by atoms with E-state index in [9.17, 15) is 19.8 Å². The standard InChI is InChI=1S/C72H137NO5/c1-3-5-7-9-11-13-15-16-43-46-50-54-58-62-66-72(77)78-67-63-59-55-51-47-44-41-39-37-35-33-31-29-27-25-23-21-19-17-18-20-22-24-26-28-30-32-34-36-38-40-42-45-49-53-57-61-65-71(76)73-69(68-74)70(75)64-60-56-52-48-14-12-10-8-6-4-2/h15-17,19,23,25,69-70,74-75H,3-14,18,20-22,24,26-68H2,1-2H3,(H,73,76)/b16-15-,19-17-,25-23-. The molecule has 0 saturated carbocycles. The molecule has 0 heterocycles. The van der Waals surface area contributed by atoms with Crippen LogP contribution in [-0.2, 0) is 14.3 Å². The molecule has 0 fully saturated rings. The molecule has 0 aliphatic rings. The maximum atomic E-state index is 12.4. The summed E-state index contributed by atoms with van der Waals surface area (Å²) in [5.74, 6) is -0.0221. The number of esters is 1. The van der Waals surface area contributed by atoms with Crippen LogP contribution < -0.4 is 5.32 Å². The summed E-state index contributed by atoms with van der Waals surface area (Å²) in [5.41, 5.74) is 0. The van der Waals surface area contributed by atoms with Gasteiger partial charge in [-0.05, 0) is 83.5 Å². The summed E-state index contributed by atoms with van der Waals surface area (Å²) in [7, 11) is 0. The Hall–Kier alpha value is -1.92. The Balaban J connectivity index is 3.34. The van der Waals surface area contributed by atoms with Gasteiger partial charge in [-0.1, -0.05) is 326 Å². The van der Waals surface area contributed by atoms with E-state index in [4.69, 9.17) is 4.74 Å². The van der Waals surface area contributed by atoms with Crippen molar-refractivity contribution in [3.05, 3.63) is 36.5 Å². The Bertz CT molecular complexity index is 1260. The molecule has 3 N–H and O–H groups in total. The van der Waals surface area contributed by atoms with Crippen LogP contribution in [0.15, 0.2) is 36.5 Å². The molecule has 1 amide bonds. The maximum Gasteiger partial charge on any atom is 0.305 e. The Labute approximate surface area is 487 Å². The van der Waals surface area contributed by atoms with Gasteiger partial charge in [-0.3, -0.25) is 9.59 Å². The van der Waals surface area contributed by atoms with Crippen molar-refractivity contribution >= 4 is 11.9 Å². The number of carbonyl (C=O) groups excluding carboxylic acids is 2. The quantitative estimate of drug-likeness (QED) is 0.0320. The molecule has 0 aromatic carbocycles. The van der Waals surface area contributed by atoms with Gasteiger partial charge >= 0.3 is 5.97 Å². The smallest absolute Gasteiger partial charge is 0.305 e. The van der Waals surface area contributed by atoms with Crippen LogP contribution >= 0.6 is 0 Å². The Morgan fingerprint density at radius 3 is 0.987 bits per heavy atom. The number of nitrogens with one attached hydrogen (secondary N) is 1. The minimum absolute atomic E-state index is 0.0104. The first kappa shape index (κ1) is 76.1. The third-order valence-electron chi connectivity index (χ3n) is 16.4. The van der Waals surface area contributed by atoms with E-state index < -0.39 is 12.1 Å². The normalized spacial score (nSPS) is 12.7. The fourth-order valence-electron chi connectivity index (χ4n) is 11.0. The molecule has 0 aliphatic carbocycles. The van der Waals surface area contributed by atoms with Crippen molar-refractivity contribution in [1.29, 1.82) is 0 Å². The van der Waals surface area contributed by atoms with Gasteiger partial charge in [-0.25, -0.2) is 0 Å². The lowest BCUT2D eigenvalue weighted by Crippen LogP contribution is -2.45. The molecule has 460 valence electrons. The molecule has 6 heteroatoms. The number of unbranched alkanes of at least 4 members (excludes halogenated alkanes) is 49. The SMILES string of the molecule is CCCCCCC/C=C\CCCCCCCC(=O)OCCCCCCCCCCCCCCC/C=C\C/C=C\CCCCCCCCCCCCCCCCCCCC(=O)NC(CO)C(O)CCCCCCCCCCCC. The lowest BCUT2D eigenvalue weighted by Gasteiger charge is -2.22. The van der Waals surface area contributed by atoms with Gasteiger partial charge in [-0.2, -0.15) is 0 Å². The molecule has 0 bridgehead atoms. The van der Waals surface area contributed by atoms with Crippen molar-refractivity contribution in [2.75, 3.05) is 13.2 Å². The fraction of sp³-hybridized carbons (Fsp3) is 0.889. The van der Waals surface area contributed by atoms with E-state index in [1.807, 2.05) is 0 Å². The Morgan fingerprint density at radius 2 is 0.641 bits per heavy atom. The summed E-state index contributed by atoms with van der Waals surface area (Å²) in [6, 6.07) is -0.537. The lowest BCUT2D eigenvalue weighted by atomic mass is 10.0. The minimum Gasteiger partial charge on any atom is -0.466 e. The van der Waals surface area contributed by atoms with Crippen LogP contribution in [-0.4, -0.2) is 47.4 Å². The number of allylic oxidation sites excluding steroid dienone is 6. The van der Waals surface area contributed by atoms with Crippen molar-refractivity contribution in [1.82, 2.24) is 5.32 Å². The molecule has 0 rings (SSSR count). The summed E-state index contributed by atoms with van der Waals surface area (Å²) < 4.78 is 5.49. The summed E-state index contributed by atoms with van der Waals surface area (Å²) in [6.07, 6.45) is 86.4. The van der Waals surface area contributed by atoms with E-state index in [2.05, 4.69) is 55.6 Å². The van der Waals surface area contributed by atoms with E-state index in [1.54, 1.807) is 0 Å². The number of aliphatic hydroxyl groups is 2. The third-order valence-corrected chi connectivity index (χ3v) is 16.4. The summed E-state index contributed by atoms with van der Waals surface area (Å²) in [6.45, 7) is 4.95. The van der Waals surface area contributed by atoms with Crippen LogP contribution in [0.2, 0.25) is 0 Å². The molecule has 0 spiro atoms. The van der Waals surface area contributed by atoms with Crippen molar-refractivity contribution in [2.24, 2.45) is 0 Å². The average molecular weight is 1100 g/mol. The van der Waals surface area contributed by atoms with Gasteiger partial charge in [0.2, 0.25) is 5.91 Å². The largest absolute Gasteiger partial charge is 0.466 e. The van der Waals surface area contributed by atoms with E-state index in [-0.39, 0.29) is 18.5 Å². The predicted octanol–water partition coefficient (Wildman–Crippen LogP) is 22.7. The van der Waals surface area contributed by atoms with Crippen molar-refractivity contribution in [3.8, 4) is 0 Å². The van der Waals surface area contributed by atoms with Crippen LogP contribution in [0.1, 0.15) is 386 Å². The highest BCUT2D eigenvalue weighted by Crippen LogP contribution is 2.18. The molecule has 2 unspecified atom stereocenters. The molecule has 0 aromatic heterocycles. The first-order valence-corrected chi connectivity index (χ1v) is 35.2. The van der Waals surface area contributed by atoms with Crippen LogP contribution in [0.3, 0.4) is 0 Å². The van der Waals surface area contributed by atoms with Gasteiger partial charge in [-0.15, -0.1) is 0 Å². The number of hydrogen-bond donors (Lipinski definition) is 3. The second-order valence-electron chi connectivity index (χ2n) is 24.2. The van der Waals surface area contributed by atoms with Crippen LogP contribution in [0, 0.1) is 0 Å². The van der Waals surface area contributed by atoms with E-state index in [0.717, 1.165) is 51.4 Å². The highest BCUT2D eigenvalue weighted by molar-refractivity contribution is 5.76. The number of rotatable bonds is 66. The van der Waals surface area contributed by atoms with Gasteiger partial charge in [0, 0.05) is 12.8 Å². The number of aliphatic hydroxyl groups excluding tert-OH is 2. The molecular formula is C72H137NO5. The molecular weight excluding hydrogens is 959 g/mol. The highest BCUT2D eigenvalue weighted by Gasteiger charge is 2.20. The van der Waals surface area contributed by atoms with Gasteiger partial charge in [0.15, 0.2) is 0 Å². The second kappa shape index (κ2) is 67.6. The molecule has 0 aromatic rings. The molecule has 0 radical (unpaired) electrons. The zero-order valence-corrected chi connectivity index (χ0v) is 52.7. The number of carbonyl (C=O) groups is 2. The molecule has 78 heavy (non-hydrogen) atoms. The zero-order valence-electron chi connectivity index (χ0n) is 52.7. The van der Waals surface area contributed by atoms with Gasteiger partial charge in [0.25, 0.3) is 0 Å². The monoisotopic (exact) mass is 1100 g/mol. The molecule has 0 aliphatic heterocycles. The molecule has 6 nitrogen and oxygen atoms in total. The van der Waals surface area contributed by atoms with Crippen LogP contribution in [0.4, 0.5) is 0 Å². The van der Waals surface area contributed by atoms with Crippen molar-refractivity contribution in [3.63, 3.8) is 0 Å². The van der Waals surface area contributed by atoms with Gasteiger partial charge < -0.3 is 20.3 Å². The summed E-state index contributed by atoms with van der Waals surface area (Å²) in [4.78, 5) is 24.5. The Kier molecular flexibility index (Phi) is 65.9. The molecule has 0 saturated heterocycles. The molecule has 2 atom stereocenters. The summed E-state index contributed by atoms with van der Waals surface area (Å²) >= 11 is 0. The van der Waals surface area contributed by atoms with Crippen LogP contribution in [0.5, 0.6) is 0 Å². The van der Waals surface area contributed by atoms with Gasteiger partial charge in [0.1, 0.15) is 0 Å². The second-order valence-corrected chi connectivity index (χ2v) is 24.2. The average Bonchev–Trinajstić information content (AvgIpc) is 3.44. The van der Waals surface area contributed by atoms with Gasteiger partial charge in [0.05, 0.1) is 25.4 Å². The highest BCUT2D eigenvalue weighted by atomic mass is 16.5. The fourth-order valence-corrected chi connectivity index (χ4v) is 11.0. The first-order valence-electron chi connectivity index (χ1n) is 35.2. The predicted molar refractivity (Wildman–Crippen MR) is 343 cm³/mol. The van der Waals surface area contributed by atoms with Crippen molar-refractivity contribution < 1.29 is 24.5 Å². The van der Waals surface area contributed by atoms with E-state index in [0.29, 0.717) is 25.9 Å². The number of hydrogen-bond acceptors (Lipinski definition) is 5. The maximum absolute atomic E-state index is 12.4. The van der Waals surface area contributed by atoms with Crippen molar-refractivity contribution in [2.45, 2.75) is 398 Å². The third kappa shape index (κ3) is 63.3. The Morgan fingerprint density at radius 1 is 0.359 bits per heavy atom. The first-order chi connectivity index (χ1) is 38.5.